The molecule has 0 bridgehead atoms. The van der Waals surface area contributed by atoms with Crippen molar-refractivity contribution in [1.82, 2.24) is 10.6 Å². The van der Waals surface area contributed by atoms with Crippen LogP contribution in [0.25, 0.3) is 0 Å². The van der Waals surface area contributed by atoms with Gasteiger partial charge in [0.15, 0.2) is 5.11 Å². The van der Waals surface area contributed by atoms with Crippen molar-refractivity contribution in [2.75, 3.05) is 13.3 Å². The third-order valence-corrected chi connectivity index (χ3v) is 0.814. The largest absolute Gasteiger partial charge is 0.350 e. The fraction of sp³-hybridized carbons (Fsp3) is 0.667. The van der Waals surface area contributed by atoms with Crippen molar-refractivity contribution in [3.63, 3.8) is 0 Å². The second kappa shape index (κ2) is 4.76. The van der Waals surface area contributed by atoms with Gasteiger partial charge in [-0.2, -0.15) is 0 Å². The SMILES string of the molecule is NCNC(=S)NCN. The normalized spacial score (nSPS) is 8.25. The van der Waals surface area contributed by atoms with E-state index < -0.39 is 0 Å². The van der Waals surface area contributed by atoms with Crippen LogP contribution in [0.3, 0.4) is 0 Å². The molecule has 6 N–H and O–H groups in total. The topological polar surface area (TPSA) is 76.1 Å². The lowest BCUT2D eigenvalue weighted by Gasteiger charge is -2.03. The molecule has 0 aromatic rings. The number of hydrogen-bond acceptors (Lipinski definition) is 3. The van der Waals surface area contributed by atoms with Crippen LogP contribution in [0.2, 0.25) is 0 Å². The Balaban J connectivity index is 3.06. The van der Waals surface area contributed by atoms with Crippen molar-refractivity contribution < 1.29 is 0 Å². The van der Waals surface area contributed by atoms with Gasteiger partial charge in [-0.3, -0.25) is 0 Å². The molecular weight excluding hydrogens is 124 g/mol. The number of thiocarbonyl (C=S) groups is 1. The molecule has 0 rings (SSSR count). The van der Waals surface area contributed by atoms with Gasteiger partial charge in [0.1, 0.15) is 0 Å². The number of nitrogens with two attached hydrogens (primary N) is 2. The number of nitrogens with one attached hydrogen (secondary N) is 2. The third-order valence-electron chi connectivity index (χ3n) is 0.525. The molecule has 0 aromatic carbocycles. The maximum absolute atomic E-state index is 5.08. The minimum absolute atomic E-state index is 0.339. The van der Waals surface area contributed by atoms with Crippen LogP contribution in [-0.4, -0.2) is 18.4 Å². The average molecular weight is 134 g/mol. The predicted molar refractivity (Wildman–Crippen MR) is 37.0 cm³/mol. The Labute approximate surface area is 53.6 Å². The van der Waals surface area contributed by atoms with Gasteiger partial charge in [0, 0.05) is 0 Å². The monoisotopic (exact) mass is 134 g/mol. The van der Waals surface area contributed by atoms with Gasteiger partial charge in [-0.1, -0.05) is 0 Å². The van der Waals surface area contributed by atoms with E-state index in [1.807, 2.05) is 0 Å². The van der Waals surface area contributed by atoms with Gasteiger partial charge in [0.2, 0.25) is 0 Å². The molecule has 4 nitrogen and oxygen atoms in total. The van der Waals surface area contributed by atoms with Crippen molar-refractivity contribution in [3.8, 4) is 0 Å². The van der Waals surface area contributed by atoms with E-state index in [1.165, 1.54) is 0 Å². The zero-order valence-corrected chi connectivity index (χ0v) is 5.29. The van der Waals surface area contributed by atoms with Gasteiger partial charge in [-0.05, 0) is 12.2 Å². The molecule has 0 radical (unpaired) electrons. The summed E-state index contributed by atoms with van der Waals surface area (Å²) in [4.78, 5) is 0. The summed E-state index contributed by atoms with van der Waals surface area (Å²) < 4.78 is 0. The number of hydrogen-bond donors (Lipinski definition) is 4. The Bertz CT molecular complexity index is 65.7. The van der Waals surface area contributed by atoms with E-state index in [2.05, 4.69) is 22.9 Å². The van der Waals surface area contributed by atoms with Crippen molar-refractivity contribution in [2.24, 2.45) is 11.5 Å². The average Bonchev–Trinajstić information content (AvgIpc) is 1.68. The lowest BCUT2D eigenvalue weighted by Crippen LogP contribution is -2.40. The Morgan fingerprint density at radius 2 is 1.62 bits per heavy atom. The standard InChI is InChI=1S/C3H10N4S/c4-1-6-3(8)7-2-5/h1-2,4-5H2,(H2,6,7,8). The summed E-state index contributed by atoms with van der Waals surface area (Å²) in [6.07, 6.45) is 0. The van der Waals surface area contributed by atoms with Crippen LogP contribution < -0.4 is 22.1 Å². The fourth-order valence-electron chi connectivity index (χ4n) is 0.248. The van der Waals surface area contributed by atoms with Gasteiger partial charge < -0.3 is 22.1 Å². The molecule has 0 unspecified atom stereocenters. The maximum Gasteiger partial charge on any atom is 0.168 e. The first kappa shape index (κ1) is 7.61. The smallest absolute Gasteiger partial charge is 0.168 e. The summed E-state index contributed by atoms with van der Waals surface area (Å²) in [5.41, 5.74) is 10.2. The van der Waals surface area contributed by atoms with Gasteiger partial charge in [-0.25, -0.2) is 0 Å². The first-order valence-corrected chi connectivity index (χ1v) is 2.64. The highest BCUT2D eigenvalue weighted by atomic mass is 32.1. The molecule has 0 saturated heterocycles. The zero-order valence-electron chi connectivity index (χ0n) is 4.48. The van der Waals surface area contributed by atoms with E-state index in [0.717, 1.165) is 0 Å². The van der Waals surface area contributed by atoms with Crippen LogP contribution in [0.4, 0.5) is 0 Å². The molecule has 8 heavy (non-hydrogen) atoms. The van der Waals surface area contributed by atoms with Gasteiger partial charge >= 0.3 is 0 Å². The van der Waals surface area contributed by atoms with Gasteiger partial charge in [0.25, 0.3) is 0 Å². The molecule has 0 aliphatic heterocycles. The molecular formula is C3H10N4S. The summed E-state index contributed by atoms with van der Waals surface area (Å²) in [5.74, 6) is 0. The summed E-state index contributed by atoms with van der Waals surface area (Å²) in [6.45, 7) is 0.678. The third kappa shape index (κ3) is 3.79. The maximum atomic E-state index is 5.08. The van der Waals surface area contributed by atoms with Crippen LogP contribution in [-0.2, 0) is 0 Å². The van der Waals surface area contributed by atoms with Crippen molar-refractivity contribution in [1.29, 1.82) is 0 Å². The Hall–Kier alpha value is -0.390. The van der Waals surface area contributed by atoms with Crippen molar-refractivity contribution in [2.45, 2.75) is 0 Å². The molecule has 0 amide bonds. The molecule has 5 heteroatoms. The highest BCUT2D eigenvalue weighted by molar-refractivity contribution is 7.80. The minimum atomic E-state index is 0.339. The Kier molecular flexibility index (Phi) is 4.53. The van der Waals surface area contributed by atoms with E-state index >= 15 is 0 Å². The molecule has 0 atom stereocenters. The van der Waals surface area contributed by atoms with Gasteiger partial charge in [-0.15, -0.1) is 0 Å². The lowest BCUT2D eigenvalue weighted by atomic mass is 10.9. The van der Waals surface area contributed by atoms with Crippen molar-refractivity contribution >= 4 is 17.3 Å². The fourth-order valence-corrected chi connectivity index (χ4v) is 0.415. The molecule has 0 aliphatic carbocycles. The van der Waals surface area contributed by atoms with E-state index in [-0.39, 0.29) is 0 Å². The van der Waals surface area contributed by atoms with Gasteiger partial charge in [0.05, 0.1) is 13.3 Å². The van der Waals surface area contributed by atoms with E-state index in [1.54, 1.807) is 0 Å². The number of rotatable bonds is 2. The first-order valence-electron chi connectivity index (χ1n) is 2.23. The highest BCUT2D eigenvalue weighted by Gasteiger charge is 1.84. The Morgan fingerprint density at radius 3 is 1.88 bits per heavy atom. The lowest BCUT2D eigenvalue weighted by molar-refractivity contribution is 0.849. The summed E-state index contributed by atoms with van der Waals surface area (Å²) in [6, 6.07) is 0. The van der Waals surface area contributed by atoms with Crippen molar-refractivity contribution in [3.05, 3.63) is 0 Å². The Morgan fingerprint density at radius 1 is 1.25 bits per heavy atom. The summed E-state index contributed by atoms with van der Waals surface area (Å²) in [5, 5.41) is 5.82. The first-order chi connectivity index (χ1) is 3.81. The molecule has 0 aromatic heterocycles. The van der Waals surface area contributed by atoms with Crippen LogP contribution in [0.1, 0.15) is 0 Å². The zero-order chi connectivity index (χ0) is 6.41. The highest BCUT2D eigenvalue weighted by Crippen LogP contribution is 1.57. The van der Waals surface area contributed by atoms with Crippen LogP contribution in [0, 0.1) is 0 Å². The molecule has 48 valence electrons. The quantitative estimate of drug-likeness (QED) is 0.267. The van der Waals surface area contributed by atoms with E-state index in [0.29, 0.717) is 18.4 Å². The van der Waals surface area contributed by atoms with E-state index in [4.69, 9.17) is 11.5 Å². The van der Waals surface area contributed by atoms with Crippen LogP contribution in [0.5, 0.6) is 0 Å². The summed E-state index contributed by atoms with van der Waals surface area (Å²) >= 11 is 4.67. The predicted octanol–water partition coefficient (Wildman–Crippen LogP) is -1.72. The van der Waals surface area contributed by atoms with Crippen LogP contribution in [0.15, 0.2) is 0 Å². The van der Waals surface area contributed by atoms with Crippen LogP contribution >= 0.6 is 12.2 Å². The molecule has 0 aliphatic rings. The minimum Gasteiger partial charge on any atom is -0.350 e. The molecule has 0 spiro atoms. The molecule has 0 fully saturated rings. The second-order valence-corrected chi connectivity index (χ2v) is 1.50. The molecule has 0 heterocycles. The summed E-state index contributed by atoms with van der Waals surface area (Å²) in [7, 11) is 0. The second-order valence-electron chi connectivity index (χ2n) is 1.09. The van der Waals surface area contributed by atoms with E-state index in [9.17, 15) is 0 Å². The molecule has 0 saturated carbocycles.